The van der Waals surface area contributed by atoms with Crippen molar-refractivity contribution in [3.8, 4) is 6.07 Å². The number of allylic oxidation sites excluding steroid dienone is 1. The summed E-state index contributed by atoms with van der Waals surface area (Å²) in [6, 6.07) is 13.2. The number of hydrogen-bond acceptors (Lipinski definition) is 6. The number of hydrogen-bond donors (Lipinski definition) is 1. The third-order valence-corrected chi connectivity index (χ3v) is 5.09. The summed E-state index contributed by atoms with van der Waals surface area (Å²) in [5.41, 5.74) is -0.398. The van der Waals surface area contributed by atoms with Gasteiger partial charge in [0, 0.05) is 17.8 Å². The third kappa shape index (κ3) is 5.93. The molecule has 7 heteroatoms. The van der Waals surface area contributed by atoms with Crippen LogP contribution in [0.5, 0.6) is 0 Å². The predicted octanol–water partition coefficient (Wildman–Crippen LogP) is 4.22. The average molecular weight is 371 g/mol. The predicted molar refractivity (Wildman–Crippen MR) is 100 cm³/mol. The fraction of sp³-hybridized carbons (Fsp3) is 0.222. The van der Waals surface area contributed by atoms with Crippen molar-refractivity contribution in [1.82, 2.24) is 15.3 Å². The maximum atomic E-state index is 12.3. The number of thioether (sulfide) groups is 2. The van der Waals surface area contributed by atoms with E-state index in [0.29, 0.717) is 4.24 Å². The van der Waals surface area contributed by atoms with Crippen molar-refractivity contribution in [2.45, 2.75) is 30.8 Å². The lowest BCUT2D eigenvalue weighted by molar-refractivity contribution is -0.127. The Labute approximate surface area is 156 Å². The van der Waals surface area contributed by atoms with Crippen LogP contribution in [0.15, 0.2) is 68.8 Å². The van der Waals surface area contributed by atoms with Gasteiger partial charge in [0.1, 0.15) is 21.8 Å². The highest BCUT2D eigenvalue weighted by Crippen LogP contribution is 2.39. The number of nitriles is 1. The van der Waals surface area contributed by atoms with Crippen molar-refractivity contribution in [2.75, 3.05) is 0 Å². The summed E-state index contributed by atoms with van der Waals surface area (Å²) in [6.07, 6.45) is 3.37. The Kier molecular flexibility index (Phi) is 6.62. The van der Waals surface area contributed by atoms with Crippen LogP contribution in [0.4, 0.5) is 0 Å². The molecule has 0 spiro atoms. The van der Waals surface area contributed by atoms with Gasteiger partial charge < -0.3 is 5.32 Å². The van der Waals surface area contributed by atoms with Gasteiger partial charge in [-0.25, -0.2) is 9.97 Å². The SMILES string of the molecule is CC(C)(C)C(=O)NC(C#N)=C(Sc1ccccn1)Sc1ccccn1. The molecule has 2 aromatic rings. The van der Waals surface area contributed by atoms with E-state index in [2.05, 4.69) is 21.4 Å². The fourth-order valence-corrected chi connectivity index (χ4v) is 3.53. The summed E-state index contributed by atoms with van der Waals surface area (Å²) in [7, 11) is 0. The van der Waals surface area contributed by atoms with E-state index in [1.54, 1.807) is 33.2 Å². The maximum absolute atomic E-state index is 12.3. The molecule has 0 atom stereocenters. The smallest absolute Gasteiger partial charge is 0.230 e. The van der Waals surface area contributed by atoms with E-state index in [1.807, 2.05) is 36.4 Å². The summed E-state index contributed by atoms with van der Waals surface area (Å²) in [5.74, 6) is -0.218. The Morgan fingerprint density at radius 2 is 1.56 bits per heavy atom. The van der Waals surface area contributed by atoms with Gasteiger partial charge in [0.15, 0.2) is 0 Å². The van der Waals surface area contributed by atoms with Gasteiger partial charge in [0.05, 0.1) is 4.24 Å². The van der Waals surface area contributed by atoms with E-state index in [1.165, 1.54) is 23.5 Å². The fourth-order valence-electron chi connectivity index (χ4n) is 1.55. The Balaban J connectivity index is 2.36. The number of amides is 1. The number of nitrogens with one attached hydrogen (secondary N) is 1. The molecule has 0 saturated carbocycles. The molecular formula is C18H18N4OS2. The highest BCUT2D eigenvalue weighted by Gasteiger charge is 2.24. The highest BCUT2D eigenvalue weighted by atomic mass is 32.2. The first-order valence-corrected chi connectivity index (χ1v) is 9.17. The topological polar surface area (TPSA) is 78.7 Å². The van der Waals surface area contributed by atoms with E-state index < -0.39 is 5.41 Å². The van der Waals surface area contributed by atoms with Crippen LogP contribution >= 0.6 is 23.5 Å². The van der Waals surface area contributed by atoms with Crippen LogP contribution in [0.1, 0.15) is 20.8 Å². The number of nitrogens with zero attached hydrogens (tertiary/aromatic N) is 3. The molecule has 0 aliphatic rings. The minimum atomic E-state index is -0.599. The Hall–Kier alpha value is -2.30. The van der Waals surface area contributed by atoms with Gasteiger partial charge in [-0.2, -0.15) is 5.26 Å². The molecule has 0 aliphatic heterocycles. The lowest BCUT2D eigenvalue weighted by Gasteiger charge is -2.18. The molecule has 5 nitrogen and oxygen atoms in total. The zero-order chi connectivity index (χ0) is 18.3. The lowest BCUT2D eigenvalue weighted by Crippen LogP contribution is -2.34. The molecule has 2 rings (SSSR count). The summed E-state index contributed by atoms with van der Waals surface area (Å²) < 4.78 is 0.623. The van der Waals surface area contributed by atoms with Gasteiger partial charge in [0.25, 0.3) is 0 Å². The second-order valence-electron chi connectivity index (χ2n) is 6.02. The van der Waals surface area contributed by atoms with Gasteiger partial charge in [-0.1, -0.05) is 56.4 Å². The lowest BCUT2D eigenvalue weighted by atomic mass is 9.96. The average Bonchev–Trinajstić information content (AvgIpc) is 2.60. The molecule has 0 unspecified atom stereocenters. The number of rotatable bonds is 5. The highest BCUT2D eigenvalue weighted by molar-refractivity contribution is 8.22. The molecule has 0 radical (unpaired) electrons. The molecule has 2 heterocycles. The monoisotopic (exact) mass is 370 g/mol. The quantitative estimate of drug-likeness (QED) is 0.627. The second kappa shape index (κ2) is 8.70. The van der Waals surface area contributed by atoms with Crippen molar-refractivity contribution in [3.05, 3.63) is 58.7 Å². The van der Waals surface area contributed by atoms with Gasteiger partial charge in [-0.15, -0.1) is 0 Å². The van der Waals surface area contributed by atoms with Crippen molar-refractivity contribution in [2.24, 2.45) is 5.41 Å². The van der Waals surface area contributed by atoms with Crippen LogP contribution in [-0.2, 0) is 4.79 Å². The van der Waals surface area contributed by atoms with Gasteiger partial charge in [0.2, 0.25) is 5.91 Å². The first kappa shape index (κ1) is 19.0. The van der Waals surface area contributed by atoms with Gasteiger partial charge in [-0.05, 0) is 24.3 Å². The molecule has 0 saturated heterocycles. The van der Waals surface area contributed by atoms with Crippen LogP contribution < -0.4 is 5.32 Å². The van der Waals surface area contributed by atoms with E-state index in [4.69, 9.17) is 0 Å². The van der Waals surface area contributed by atoms with Crippen molar-refractivity contribution >= 4 is 29.4 Å². The minimum absolute atomic E-state index is 0.200. The Morgan fingerprint density at radius 1 is 1.04 bits per heavy atom. The summed E-state index contributed by atoms with van der Waals surface area (Å²) in [4.78, 5) is 20.9. The van der Waals surface area contributed by atoms with Crippen LogP contribution in [0, 0.1) is 16.7 Å². The van der Waals surface area contributed by atoms with E-state index in [9.17, 15) is 10.1 Å². The molecule has 0 bridgehead atoms. The Bertz CT molecular complexity index is 750. The number of carbonyl (C=O) groups is 1. The van der Waals surface area contributed by atoms with Crippen LogP contribution in [0.25, 0.3) is 0 Å². The summed E-state index contributed by atoms with van der Waals surface area (Å²) in [5, 5.41) is 13.8. The molecule has 1 N–H and O–H groups in total. The Morgan fingerprint density at radius 3 is 1.92 bits per heavy atom. The number of carbonyl (C=O) groups excluding carboxylic acids is 1. The van der Waals surface area contributed by atoms with Gasteiger partial charge >= 0.3 is 0 Å². The van der Waals surface area contributed by atoms with Crippen LogP contribution in [0.3, 0.4) is 0 Å². The first-order valence-electron chi connectivity index (χ1n) is 7.54. The van der Waals surface area contributed by atoms with Crippen molar-refractivity contribution in [1.29, 1.82) is 5.26 Å². The van der Waals surface area contributed by atoms with E-state index in [-0.39, 0.29) is 11.6 Å². The van der Waals surface area contributed by atoms with Crippen LogP contribution in [0.2, 0.25) is 0 Å². The number of aromatic nitrogens is 2. The summed E-state index contributed by atoms with van der Waals surface area (Å²) >= 11 is 2.65. The zero-order valence-corrected chi connectivity index (χ0v) is 15.8. The molecule has 128 valence electrons. The molecular weight excluding hydrogens is 352 g/mol. The minimum Gasteiger partial charge on any atom is -0.315 e. The maximum Gasteiger partial charge on any atom is 0.230 e. The third-order valence-electron chi connectivity index (χ3n) is 2.91. The molecule has 0 fully saturated rings. The largest absolute Gasteiger partial charge is 0.315 e. The second-order valence-corrected chi connectivity index (χ2v) is 8.34. The molecule has 1 amide bonds. The first-order chi connectivity index (χ1) is 11.9. The number of pyridine rings is 2. The molecule has 25 heavy (non-hydrogen) atoms. The summed E-state index contributed by atoms with van der Waals surface area (Å²) in [6.45, 7) is 5.40. The zero-order valence-electron chi connectivity index (χ0n) is 14.2. The van der Waals surface area contributed by atoms with Crippen LogP contribution in [-0.4, -0.2) is 15.9 Å². The van der Waals surface area contributed by atoms with E-state index >= 15 is 0 Å². The van der Waals surface area contributed by atoms with Gasteiger partial charge in [-0.3, -0.25) is 4.79 Å². The molecule has 2 aromatic heterocycles. The molecule has 0 aromatic carbocycles. The standard InChI is InChI=1S/C18H18N4OS2/c1-18(2,3)17(23)22-13(12-19)16(24-14-8-4-6-10-20-14)25-15-9-5-7-11-21-15/h4-11H,1-3H3,(H,22,23). The van der Waals surface area contributed by atoms with Crippen molar-refractivity contribution in [3.63, 3.8) is 0 Å². The molecule has 0 aliphatic carbocycles. The van der Waals surface area contributed by atoms with E-state index in [0.717, 1.165) is 10.1 Å². The van der Waals surface area contributed by atoms with Crippen molar-refractivity contribution < 1.29 is 4.79 Å². The normalized spacial score (nSPS) is 10.6.